The molecular formula is C5H12O2. The van der Waals surface area contributed by atoms with Crippen molar-refractivity contribution in [2.75, 3.05) is 6.61 Å². The average molecular weight is 104 g/mol. The maximum absolute atomic E-state index is 8.61. The zero-order valence-electron chi connectivity index (χ0n) is 4.59. The molecule has 0 aromatic carbocycles. The number of aliphatic hydroxyl groups is 2. The van der Waals surface area contributed by atoms with Gasteiger partial charge < -0.3 is 10.2 Å². The van der Waals surface area contributed by atoms with E-state index in [4.69, 9.17) is 10.2 Å². The molecule has 0 amide bonds. The lowest BCUT2D eigenvalue weighted by Gasteiger charge is -2.01. The minimum atomic E-state index is -0.495. The first-order valence-electron chi connectivity index (χ1n) is 2.60. The van der Waals surface area contributed by atoms with Gasteiger partial charge in [-0.3, -0.25) is 0 Å². The molecule has 44 valence electrons. The van der Waals surface area contributed by atoms with Crippen molar-refractivity contribution in [3.63, 3.8) is 0 Å². The summed E-state index contributed by atoms with van der Waals surface area (Å²) in [5.74, 6) is 0. The third-order valence-electron chi connectivity index (χ3n) is 0.833. The summed E-state index contributed by atoms with van der Waals surface area (Å²) in [5, 5.41) is 16.8. The topological polar surface area (TPSA) is 40.5 Å². The molecule has 2 nitrogen and oxygen atoms in total. The van der Waals surface area contributed by atoms with Crippen molar-refractivity contribution in [3.8, 4) is 0 Å². The lowest BCUT2D eigenvalue weighted by Crippen LogP contribution is -2.10. The Morgan fingerprint density at radius 2 is 2.14 bits per heavy atom. The lowest BCUT2D eigenvalue weighted by molar-refractivity contribution is 0.0877. The number of hydrogen-bond acceptors (Lipinski definition) is 2. The van der Waals surface area contributed by atoms with E-state index in [2.05, 4.69) is 0 Å². The van der Waals surface area contributed by atoms with Gasteiger partial charge in [-0.25, -0.2) is 0 Å². The Kier molecular flexibility index (Phi) is 4.04. The minimum absolute atomic E-state index is 0.103. The predicted molar refractivity (Wildman–Crippen MR) is 28.0 cm³/mol. The summed E-state index contributed by atoms with van der Waals surface area (Å²) < 4.78 is 0. The van der Waals surface area contributed by atoms with Gasteiger partial charge in [0.05, 0.1) is 12.7 Å². The molecule has 0 aliphatic carbocycles. The Hall–Kier alpha value is -0.0800. The number of aliphatic hydroxyl groups excluding tert-OH is 2. The predicted octanol–water partition coefficient (Wildman–Crippen LogP) is 0.140. The van der Waals surface area contributed by atoms with E-state index < -0.39 is 6.10 Å². The van der Waals surface area contributed by atoms with Crippen LogP contribution in [0.1, 0.15) is 19.8 Å². The Morgan fingerprint density at radius 3 is 2.29 bits per heavy atom. The molecule has 0 aliphatic rings. The van der Waals surface area contributed by atoms with Crippen molar-refractivity contribution >= 4 is 0 Å². The molecule has 7 heavy (non-hydrogen) atoms. The summed E-state index contributed by atoms with van der Waals surface area (Å²) in [6.07, 6.45) is 1.14. The van der Waals surface area contributed by atoms with Crippen molar-refractivity contribution < 1.29 is 10.2 Å². The molecule has 0 rings (SSSR count). The first-order chi connectivity index (χ1) is 3.31. The Morgan fingerprint density at radius 1 is 1.57 bits per heavy atom. The van der Waals surface area contributed by atoms with Gasteiger partial charge in [0.15, 0.2) is 0 Å². The van der Waals surface area contributed by atoms with Gasteiger partial charge in [-0.1, -0.05) is 13.3 Å². The summed E-state index contributed by atoms with van der Waals surface area (Å²) in [6.45, 7) is 1.87. The maximum atomic E-state index is 8.61. The van der Waals surface area contributed by atoms with E-state index in [0.717, 1.165) is 6.42 Å². The van der Waals surface area contributed by atoms with E-state index in [9.17, 15) is 0 Å². The second kappa shape index (κ2) is 4.09. The van der Waals surface area contributed by atoms with Crippen LogP contribution in [-0.2, 0) is 0 Å². The van der Waals surface area contributed by atoms with Gasteiger partial charge in [-0.15, -0.1) is 0 Å². The van der Waals surface area contributed by atoms with Crippen molar-refractivity contribution in [1.29, 1.82) is 0 Å². The van der Waals surface area contributed by atoms with Crippen LogP contribution in [0.3, 0.4) is 0 Å². The van der Waals surface area contributed by atoms with E-state index >= 15 is 0 Å². The fourth-order valence-corrected chi connectivity index (χ4v) is 0.425. The van der Waals surface area contributed by atoms with Gasteiger partial charge in [0.25, 0.3) is 0 Å². The van der Waals surface area contributed by atoms with Crippen molar-refractivity contribution in [3.05, 3.63) is 0 Å². The van der Waals surface area contributed by atoms with E-state index in [1.165, 1.54) is 0 Å². The van der Waals surface area contributed by atoms with Crippen LogP contribution < -0.4 is 0 Å². The van der Waals surface area contributed by atoms with Crippen LogP contribution >= 0.6 is 0 Å². The second-order valence-electron chi connectivity index (χ2n) is 1.63. The summed E-state index contributed by atoms with van der Waals surface area (Å²) >= 11 is 0. The SMILES string of the molecule is CCC[C@@H](O)CO. The molecule has 0 spiro atoms. The van der Waals surface area contributed by atoms with Crippen LogP contribution in [-0.4, -0.2) is 22.9 Å². The average Bonchev–Trinajstić information content (AvgIpc) is 1.68. The van der Waals surface area contributed by atoms with E-state index in [0.29, 0.717) is 6.42 Å². The summed E-state index contributed by atoms with van der Waals surface area (Å²) in [5.41, 5.74) is 0. The minimum Gasteiger partial charge on any atom is -0.394 e. The van der Waals surface area contributed by atoms with E-state index in [1.54, 1.807) is 0 Å². The molecule has 1 atom stereocenters. The van der Waals surface area contributed by atoms with Gasteiger partial charge in [0.1, 0.15) is 0 Å². The highest BCUT2D eigenvalue weighted by atomic mass is 16.3. The molecule has 2 N–H and O–H groups in total. The molecule has 0 aromatic rings. The molecule has 0 saturated heterocycles. The van der Waals surface area contributed by atoms with Gasteiger partial charge in [-0.2, -0.15) is 0 Å². The van der Waals surface area contributed by atoms with Crippen LogP contribution in [0.25, 0.3) is 0 Å². The standard InChI is InChI=1S/C5H12O2/c1-2-3-5(7)4-6/h5-7H,2-4H2,1H3/t5-/m1/s1. The quantitative estimate of drug-likeness (QED) is 0.534. The summed E-state index contributed by atoms with van der Waals surface area (Å²) in [6, 6.07) is 0. The van der Waals surface area contributed by atoms with Gasteiger partial charge in [0.2, 0.25) is 0 Å². The van der Waals surface area contributed by atoms with E-state index in [-0.39, 0.29) is 6.61 Å². The molecule has 0 unspecified atom stereocenters. The van der Waals surface area contributed by atoms with Crippen LogP contribution in [0.5, 0.6) is 0 Å². The second-order valence-corrected chi connectivity index (χ2v) is 1.63. The highest BCUT2D eigenvalue weighted by Crippen LogP contribution is 1.92. The lowest BCUT2D eigenvalue weighted by atomic mass is 10.2. The number of rotatable bonds is 3. The Balaban J connectivity index is 2.83. The van der Waals surface area contributed by atoms with Crippen LogP contribution in [0.15, 0.2) is 0 Å². The van der Waals surface area contributed by atoms with Crippen molar-refractivity contribution in [1.82, 2.24) is 0 Å². The molecule has 0 radical (unpaired) electrons. The zero-order chi connectivity index (χ0) is 5.70. The largest absolute Gasteiger partial charge is 0.394 e. The Labute approximate surface area is 43.8 Å². The van der Waals surface area contributed by atoms with Crippen LogP contribution in [0, 0.1) is 0 Å². The van der Waals surface area contributed by atoms with Crippen molar-refractivity contribution in [2.45, 2.75) is 25.9 Å². The highest BCUT2D eigenvalue weighted by molar-refractivity contribution is 4.48. The van der Waals surface area contributed by atoms with Gasteiger partial charge in [0, 0.05) is 0 Å². The fourth-order valence-electron chi connectivity index (χ4n) is 0.425. The van der Waals surface area contributed by atoms with E-state index in [1.807, 2.05) is 6.92 Å². The van der Waals surface area contributed by atoms with Gasteiger partial charge in [-0.05, 0) is 6.42 Å². The smallest absolute Gasteiger partial charge is 0.0770 e. The first-order valence-corrected chi connectivity index (χ1v) is 2.60. The van der Waals surface area contributed by atoms with Gasteiger partial charge >= 0.3 is 0 Å². The van der Waals surface area contributed by atoms with Crippen LogP contribution in [0.2, 0.25) is 0 Å². The molecule has 0 saturated carbocycles. The fraction of sp³-hybridized carbons (Fsp3) is 1.00. The molecule has 0 heterocycles. The summed E-state index contributed by atoms with van der Waals surface area (Å²) in [4.78, 5) is 0. The molecule has 0 bridgehead atoms. The maximum Gasteiger partial charge on any atom is 0.0770 e. The zero-order valence-corrected chi connectivity index (χ0v) is 4.59. The molecule has 0 fully saturated rings. The molecule has 0 aliphatic heterocycles. The molecule has 2 heteroatoms. The molecule has 0 aromatic heterocycles. The van der Waals surface area contributed by atoms with Crippen molar-refractivity contribution in [2.24, 2.45) is 0 Å². The first kappa shape index (κ1) is 6.92. The third kappa shape index (κ3) is 3.76. The highest BCUT2D eigenvalue weighted by Gasteiger charge is 1.95. The normalized spacial score (nSPS) is 14.1. The Bertz CT molecular complexity index is 37.1. The number of hydrogen-bond donors (Lipinski definition) is 2. The third-order valence-corrected chi connectivity index (χ3v) is 0.833. The summed E-state index contributed by atoms with van der Waals surface area (Å²) in [7, 11) is 0. The monoisotopic (exact) mass is 104 g/mol. The van der Waals surface area contributed by atoms with Crippen LogP contribution in [0.4, 0.5) is 0 Å². The molecular weight excluding hydrogens is 92.1 g/mol.